The Bertz CT molecular complexity index is 1210. The van der Waals surface area contributed by atoms with Crippen molar-refractivity contribution in [1.29, 1.82) is 0 Å². The van der Waals surface area contributed by atoms with E-state index in [-0.39, 0.29) is 23.2 Å². The lowest BCUT2D eigenvalue weighted by Gasteiger charge is -2.16. The molecule has 154 valence electrons. The van der Waals surface area contributed by atoms with Crippen LogP contribution in [0, 0.1) is 6.92 Å². The zero-order chi connectivity index (χ0) is 21.5. The summed E-state index contributed by atoms with van der Waals surface area (Å²) >= 11 is 6.04. The molecule has 0 aromatic heterocycles. The van der Waals surface area contributed by atoms with Gasteiger partial charge in [0.05, 0.1) is 5.69 Å². The van der Waals surface area contributed by atoms with E-state index in [2.05, 4.69) is 5.32 Å². The third-order valence-electron chi connectivity index (χ3n) is 5.12. The fourth-order valence-electron chi connectivity index (χ4n) is 3.71. The van der Waals surface area contributed by atoms with Crippen molar-refractivity contribution in [3.05, 3.63) is 82.4 Å². The van der Waals surface area contributed by atoms with Gasteiger partial charge in [0, 0.05) is 10.9 Å². The van der Waals surface area contributed by atoms with Crippen LogP contribution < -0.4 is 5.32 Å². The van der Waals surface area contributed by atoms with Crippen LogP contribution in [0.4, 0.5) is 10.5 Å². The van der Waals surface area contributed by atoms with Gasteiger partial charge in [-0.3, -0.25) is 9.87 Å². The van der Waals surface area contributed by atoms with Crippen molar-refractivity contribution in [3.8, 4) is 11.1 Å². The summed E-state index contributed by atoms with van der Waals surface area (Å²) in [6.45, 7) is 1.66. The lowest BCUT2D eigenvalue weighted by Crippen LogP contribution is -2.19. The highest BCUT2D eigenvalue weighted by Crippen LogP contribution is 2.44. The zero-order valence-electron chi connectivity index (χ0n) is 15.9. The molecule has 0 unspecified atom stereocenters. The van der Waals surface area contributed by atoms with Crippen LogP contribution in [0.1, 0.15) is 22.6 Å². The van der Waals surface area contributed by atoms with E-state index in [0.717, 1.165) is 22.3 Å². The minimum atomic E-state index is -4.56. The van der Waals surface area contributed by atoms with Gasteiger partial charge in [-0.05, 0) is 46.9 Å². The van der Waals surface area contributed by atoms with Gasteiger partial charge < -0.3 is 4.74 Å². The number of fused-ring (bicyclic) bond motifs is 3. The SMILES string of the molecule is Cc1cc(S(=O)(=O)O)c(NC(=O)OCC2c3ccccc3-c3ccccc32)cc1Cl. The van der Waals surface area contributed by atoms with Crippen LogP contribution in [0.15, 0.2) is 65.6 Å². The molecular weight excluding hydrogens is 426 g/mol. The Morgan fingerprint density at radius 1 is 1.07 bits per heavy atom. The summed E-state index contributed by atoms with van der Waals surface area (Å²) in [5, 5.41) is 2.62. The molecule has 3 aromatic rings. The molecule has 8 heteroatoms. The van der Waals surface area contributed by atoms with Gasteiger partial charge in [-0.15, -0.1) is 0 Å². The Hall–Kier alpha value is -2.87. The summed E-state index contributed by atoms with van der Waals surface area (Å²) in [5.41, 5.74) is 4.61. The highest BCUT2D eigenvalue weighted by atomic mass is 35.5. The first-order valence-corrected chi connectivity index (χ1v) is 11.0. The highest BCUT2D eigenvalue weighted by Gasteiger charge is 2.29. The van der Waals surface area contributed by atoms with E-state index in [1.165, 1.54) is 12.1 Å². The molecule has 0 atom stereocenters. The van der Waals surface area contributed by atoms with Gasteiger partial charge in [0.25, 0.3) is 10.1 Å². The van der Waals surface area contributed by atoms with E-state index in [4.69, 9.17) is 16.3 Å². The number of anilines is 1. The summed E-state index contributed by atoms with van der Waals surface area (Å²) < 4.78 is 38.2. The number of carbonyl (C=O) groups is 1. The Morgan fingerprint density at radius 3 is 2.20 bits per heavy atom. The van der Waals surface area contributed by atoms with Crippen molar-refractivity contribution in [2.45, 2.75) is 17.7 Å². The summed E-state index contributed by atoms with van der Waals surface area (Å²) in [6, 6.07) is 18.3. The predicted octanol–water partition coefficient (Wildman–Crippen LogP) is 5.26. The van der Waals surface area contributed by atoms with Crippen molar-refractivity contribution < 1.29 is 22.5 Å². The maximum Gasteiger partial charge on any atom is 0.411 e. The van der Waals surface area contributed by atoms with Crippen LogP contribution in [-0.4, -0.2) is 25.7 Å². The number of nitrogens with one attached hydrogen (secondary N) is 1. The molecule has 0 saturated heterocycles. The van der Waals surface area contributed by atoms with Gasteiger partial charge in [-0.2, -0.15) is 8.42 Å². The molecule has 0 spiro atoms. The lowest BCUT2D eigenvalue weighted by atomic mass is 9.98. The topological polar surface area (TPSA) is 92.7 Å². The van der Waals surface area contributed by atoms with Gasteiger partial charge in [0.2, 0.25) is 0 Å². The van der Waals surface area contributed by atoms with Gasteiger partial charge in [0.1, 0.15) is 11.5 Å². The molecule has 0 fully saturated rings. The van der Waals surface area contributed by atoms with E-state index < -0.39 is 21.1 Å². The first-order chi connectivity index (χ1) is 14.3. The summed E-state index contributed by atoms with van der Waals surface area (Å²) in [5.74, 6) is -0.134. The molecule has 3 aromatic carbocycles. The monoisotopic (exact) mass is 443 g/mol. The maximum atomic E-state index is 12.4. The second kappa shape index (κ2) is 7.75. The average Bonchev–Trinajstić information content (AvgIpc) is 3.02. The van der Waals surface area contributed by atoms with E-state index >= 15 is 0 Å². The fraction of sp³-hybridized carbons (Fsp3) is 0.136. The number of carbonyl (C=O) groups excluding carboxylic acids is 1. The largest absolute Gasteiger partial charge is 0.448 e. The molecular formula is C22H18ClNO5S. The second-order valence-electron chi connectivity index (χ2n) is 7.02. The molecule has 2 N–H and O–H groups in total. The molecule has 0 heterocycles. The second-order valence-corrected chi connectivity index (χ2v) is 8.82. The van der Waals surface area contributed by atoms with E-state index in [9.17, 15) is 17.8 Å². The van der Waals surface area contributed by atoms with Crippen LogP contribution >= 0.6 is 11.6 Å². The normalized spacial score (nSPS) is 12.9. The number of benzene rings is 3. The first kappa shape index (κ1) is 20.4. The van der Waals surface area contributed by atoms with Gasteiger partial charge in [-0.1, -0.05) is 60.1 Å². The first-order valence-electron chi connectivity index (χ1n) is 9.15. The number of ether oxygens (including phenoxy) is 1. The number of halogens is 1. The molecule has 0 saturated carbocycles. The number of hydrogen-bond donors (Lipinski definition) is 2. The molecule has 1 aliphatic carbocycles. The molecule has 0 aliphatic heterocycles. The Kier molecular flexibility index (Phi) is 5.27. The molecule has 4 rings (SSSR count). The number of hydrogen-bond acceptors (Lipinski definition) is 4. The number of amides is 1. The highest BCUT2D eigenvalue weighted by molar-refractivity contribution is 7.86. The summed E-state index contributed by atoms with van der Waals surface area (Å²) in [4.78, 5) is 12.0. The van der Waals surface area contributed by atoms with Crippen LogP contribution in [-0.2, 0) is 14.9 Å². The van der Waals surface area contributed by atoms with Gasteiger partial charge in [-0.25, -0.2) is 4.79 Å². The van der Waals surface area contributed by atoms with Crippen LogP contribution in [0.3, 0.4) is 0 Å². The maximum absolute atomic E-state index is 12.4. The average molecular weight is 444 g/mol. The summed E-state index contributed by atoms with van der Waals surface area (Å²) in [7, 11) is -4.56. The smallest absolute Gasteiger partial charge is 0.411 e. The van der Waals surface area contributed by atoms with E-state index in [1.54, 1.807) is 6.92 Å². The lowest BCUT2D eigenvalue weighted by molar-refractivity contribution is 0.158. The van der Waals surface area contributed by atoms with Crippen molar-refractivity contribution in [1.82, 2.24) is 0 Å². The van der Waals surface area contributed by atoms with Crippen molar-refractivity contribution in [3.63, 3.8) is 0 Å². The Balaban J connectivity index is 1.55. The van der Waals surface area contributed by atoms with Crippen LogP contribution in [0.5, 0.6) is 0 Å². The van der Waals surface area contributed by atoms with Crippen LogP contribution in [0.25, 0.3) is 11.1 Å². The van der Waals surface area contributed by atoms with Crippen molar-refractivity contribution in [2.75, 3.05) is 11.9 Å². The Labute approximate surface area is 179 Å². The summed E-state index contributed by atoms with van der Waals surface area (Å²) in [6.07, 6.45) is -0.846. The zero-order valence-corrected chi connectivity index (χ0v) is 17.5. The predicted molar refractivity (Wildman–Crippen MR) is 115 cm³/mol. The van der Waals surface area contributed by atoms with Gasteiger partial charge >= 0.3 is 6.09 Å². The third kappa shape index (κ3) is 3.79. The van der Waals surface area contributed by atoms with E-state index in [1.807, 2.05) is 48.5 Å². The molecule has 1 aliphatic rings. The molecule has 6 nitrogen and oxygen atoms in total. The van der Waals surface area contributed by atoms with Gasteiger partial charge in [0.15, 0.2) is 0 Å². The molecule has 0 radical (unpaired) electrons. The minimum absolute atomic E-state index is 0.0701. The van der Waals surface area contributed by atoms with Crippen molar-refractivity contribution in [2.24, 2.45) is 0 Å². The van der Waals surface area contributed by atoms with Crippen LogP contribution in [0.2, 0.25) is 5.02 Å². The molecule has 1 amide bonds. The number of aryl methyl sites for hydroxylation is 1. The molecule has 30 heavy (non-hydrogen) atoms. The molecule has 0 bridgehead atoms. The Morgan fingerprint density at radius 2 is 1.63 bits per heavy atom. The fourth-order valence-corrected chi connectivity index (χ4v) is 4.59. The third-order valence-corrected chi connectivity index (χ3v) is 6.42. The van der Waals surface area contributed by atoms with Crippen molar-refractivity contribution >= 4 is 33.5 Å². The standard InChI is InChI=1S/C22H18ClNO5S/c1-13-10-21(30(26,27)28)20(11-19(13)23)24-22(25)29-12-18-16-8-4-2-6-14(16)15-7-3-5-9-17(15)18/h2-11,18H,12H2,1H3,(H,24,25)(H,26,27,28). The minimum Gasteiger partial charge on any atom is -0.448 e. The number of rotatable bonds is 4. The van der Waals surface area contributed by atoms with E-state index in [0.29, 0.717) is 5.56 Å². The quantitative estimate of drug-likeness (QED) is 0.537.